The minimum atomic E-state index is -0.685. The van der Waals surface area contributed by atoms with Crippen molar-refractivity contribution in [2.75, 3.05) is 0 Å². The highest BCUT2D eigenvalue weighted by atomic mass is 35.5. The fraction of sp³-hybridized carbons (Fsp3) is 0.0455. The molecule has 4 rings (SSSR count). The van der Waals surface area contributed by atoms with E-state index >= 15 is 0 Å². The monoisotopic (exact) mass is 484 g/mol. The number of nitro groups is 1. The molecule has 4 aromatic rings. The summed E-state index contributed by atoms with van der Waals surface area (Å²) in [5.41, 5.74) is 0.267. The third kappa shape index (κ3) is 4.79. The molecule has 0 aliphatic heterocycles. The molecule has 0 unspecified atom stereocenters. The molecule has 0 spiro atoms. The van der Waals surface area contributed by atoms with E-state index in [-0.39, 0.29) is 28.1 Å². The first kappa shape index (κ1) is 22.3. The van der Waals surface area contributed by atoms with E-state index in [0.717, 1.165) is 0 Å². The summed E-state index contributed by atoms with van der Waals surface area (Å²) in [6.07, 6.45) is 1.28. The first-order valence-corrected chi connectivity index (χ1v) is 10.2. The van der Waals surface area contributed by atoms with Crippen molar-refractivity contribution in [1.82, 2.24) is 9.66 Å². The molecular formula is C22H14Cl2N4O5. The van der Waals surface area contributed by atoms with Crippen molar-refractivity contribution in [3.8, 4) is 5.75 Å². The Bertz CT molecular complexity index is 1490. The third-order valence-electron chi connectivity index (χ3n) is 4.66. The zero-order valence-corrected chi connectivity index (χ0v) is 18.2. The van der Waals surface area contributed by atoms with Gasteiger partial charge in [-0.15, -0.1) is 4.68 Å². The number of non-ortho nitro benzene ring substituents is 1. The van der Waals surface area contributed by atoms with Gasteiger partial charge in [-0.3, -0.25) is 14.9 Å². The van der Waals surface area contributed by atoms with E-state index in [1.165, 1.54) is 30.5 Å². The molecule has 0 saturated heterocycles. The number of halogens is 2. The molecule has 0 radical (unpaired) electrons. The van der Waals surface area contributed by atoms with E-state index in [9.17, 15) is 19.7 Å². The lowest BCUT2D eigenvalue weighted by Gasteiger charge is -2.11. The number of nitro benzene ring substituents is 1. The molecule has 0 saturated carbocycles. The van der Waals surface area contributed by atoms with Crippen LogP contribution in [0.25, 0.3) is 10.9 Å². The van der Waals surface area contributed by atoms with Crippen LogP contribution in [0.15, 0.2) is 75.4 Å². The molecule has 1 heterocycles. The number of para-hydroxylation sites is 1. The van der Waals surface area contributed by atoms with Crippen molar-refractivity contribution in [1.29, 1.82) is 0 Å². The summed E-state index contributed by atoms with van der Waals surface area (Å²) >= 11 is 12.6. The van der Waals surface area contributed by atoms with Crippen LogP contribution in [0.3, 0.4) is 0 Å². The quantitative estimate of drug-likeness (QED) is 0.247. The predicted octanol–water partition coefficient (Wildman–Crippen LogP) is 4.37. The molecule has 0 aliphatic rings. The molecule has 33 heavy (non-hydrogen) atoms. The molecule has 3 aromatic carbocycles. The lowest BCUT2D eigenvalue weighted by molar-refractivity contribution is -0.384. The van der Waals surface area contributed by atoms with Gasteiger partial charge in [-0.2, -0.15) is 5.10 Å². The molecule has 9 nitrogen and oxygen atoms in total. The second kappa shape index (κ2) is 9.27. The van der Waals surface area contributed by atoms with Crippen molar-refractivity contribution in [2.24, 2.45) is 5.10 Å². The Hall–Kier alpha value is -3.95. The van der Waals surface area contributed by atoms with Crippen molar-refractivity contribution < 1.29 is 9.66 Å². The predicted molar refractivity (Wildman–Crippen MR) is 126 cm³/mol. The van der Waals surface area contributed by atoms with Crippen LogP contribution in [0.2, 0.25) is 10.0 Å². The lowest BCUT2D eigenvalue weighted by Crippen LogP contribution is -2.32. The zero-order valence-electron chi connectivity index (χ0n) is 16.7. The Balaban J connectivity index is 1.56. The number of hydrogen-bond acceptors (Lipinski definition) is 6. The number of benzene rings is 3. The number of H-pyrrole nitrogens is 1. The highest BCUT2D eigenvalue weighted by Gasteiger charge is 2.11. The number of nitrogens with zero attached hydrogens (tertiary/aromatic N) is 3. The molecule has 11 heteroatoms. The van der Waals surface area contributed by atoms with Crippen LogP contribution >= 0.6 is 23.2 Å². The SMILES string of the molecule is O=c1[nH]c2ccccc2c(=O)n1N=Cc1cc(Cl)c(OCc2ccc([N+](=O)[O-])cc2)c(Cl)c1. The Labute approximate surface area is 195 Å². The average molecular weight is 485 g/mol. The molecular weight excluding hydrogens is 471 g/mol. The standard InChI is InChI=1S/C22H14Cl2N4O5/c23-17-9-14(11-25-27-21(29)16-3-1-2-4-19(16)26-22(27)30)10-18(24)20(17)33-12-13-5-7-15(8-6-13)28(31)32/h1-11H,12H2,(H,26,30). The Kier molecular flexibility index (Phi) is 6.25. The number of fused-ring (bicyclic) bond motifs is 1. The highest BCUT2D eigenvalue weighted by Crippen LogP contribution is 2.34. The van der Waals surface area contributed by atoms with Crippen LogP contribution in [0.5, 0.6) is 5.75 Å². The molecule has 166 valence electrons. The molecule has 0 bridgehead atoms. The van der Waals surface area contributed by atoms with Gasteiger partial charge in [0.25, 0.3) is 11.2 Å². The topological polar surface area (TPSA) is 120 Å². The summed E-state index contributed by atoms with van der Waals surface area (Å²) in [5.74, 6) is 0.217. The van der Waals surface area contributed by atoms with Gasteiger partial charge in [-0.25, -0.2) is 4.79 Å². The fourth-order valence-electron chi connectivity index (χ4n) is 3.04. The third-order valence-corrected chi connectivity index (χ3v) is 5.22. The van der Waals surface area contributed by atoms with E-state index < -0.39 is 16.2 Å². The van der Waals surface area contributed by atoms with Gasteiger partial charge in [0.1, 0.15) is 6.61 Å². The first-order chi connectivity index (χ1) is 15.8. The average Bonchev–Trinajstić information content (AvgIpc) is 2.78. The number of aromatic amines is 1. The van der Waals surface area contributed by atoms with Crippen LogP contribution in [-0.2, 0) is 6.61 Å². The maximum absolute atomic E-state index is 12.6. The van der Waals surface area contributed by atoms with E-state index in [1.54, 1.807) is 36.4 Å². The van der Waals surface area contributed by atoms with Crippen LogP contribution < -0.4 is 16.0 Å². The number of hydrogen-bond donors (Lipinski definition) is 1. The Morgan fingerprint density at radius 2 is 1.73 bits per heavy atom. The minimum absolute atomic E-state index is 0.0252. The van der Waals surface area contributed by atoms with Crippen molar-refractivity contribution >= 4 is 46.0 Å². The second-order valence-corrected chi connectivity index (χ2v) is 7.68. The van der Waals surface area contributed by atoms with Gasteiger partial charge < -0.3 is 9.72 Å². The molecule has 1 N–H and O–H groups in total. The molecule has 0 amide bonds. The zero-order chi connectivity index (χ0) is 23.5. The summed E-state index contributed by atoms with van der Waals surface area (Å²) in [4.78, 5) is 37.6. The first-order valence-electron chi connectivity index (χ1n) is 9.47. The van der Waals surface area contributed by atoms with E-state index in [0.29, 0.717) is 26.7 Å². The Morgan fingerprint density at radius 1 is 1.06 bits per heavy atom. The number of ether oxygens (including phenoxy) is 1. The maximum Gasteiger partial charge on any atom is 0.349 e. The van der Waals surface area contributed by atoms with Crippen LogP contribution in [-0.4, -0.2) is 20.8 Å². The van der Waals surface area contributed by atoms with Gasteiger partial charge in [0.05, 0.1) is 32.1 Å². The number of aromatic nitrogens is 2. The van der Waals surface area contributed by atoms with Gasteiger partial charge >= 0.3 is 5.69 Å². The second-order valence-electron chi connectivity index (χ2n) is 6.86. The summed E-state index contributed by atoms with van der Waals surface area (Å²) in [6.45, 7) is 0.0900. The van der Waals surface area contributed by atoms with Gasteiger partial charge in [-0.1, -0.05) is 35.3 Å². The van der Waals surface area contributed by atoms with E-state index in [1.807, 2.05) is 0 Å². The van der Waals surface area contributed by atoms with Crippen molar-refractivity contribution in [2.45, 2.75) is 6.61 Å². The van der Waals surface area contributed by atoms with Crippen LogP contribution in [0.1, 0.15) is 11.1 Å². The number of rotatable bonds is 6. The summed E-state index contributed by atoms with van der Waals surface area (Å²) in [6, 6.07) is 15.5. The van der Waals surface area contributed by atoms with Crippen molar-refractivity contribution in [3.63, 3.8) is 0 Å². The molecule has 0 fully saturated rings. The largest absolute Gasteiger partial charge is 0.486 e. The maximum atomic E-state index is 12.6. The smallest absolute Gasteiger partial charge is 0.349 e. The normalized spacial score (nSPS) is 11.2. The number of nitrogens with one attached hydrogen (secondary N) is 1. The van der Waals surface area contributed by atoms with Gasteiger partial charge in [0, 0.05) is 12.1 Å². The van der Waals surface area contributed by atoms with E-state index in [4.69, 9.17) is 27.9 Å². The molecule has 1 aromatic heterocycles. The van der Waals surface area contributed by atoms with Gasteiger partial charge in [-0.05, 0) is 47.5 Å². The van der Waals surface area contributed by atoms with Crippen LogP contribution in [0, 0.1) is 10.1 Å². The van der Waals surface area contributed by atoms with Gasteiger partial charge in [0.15, 0.2) is 5.75 Å². The van der Waals surface area contributed by atoms with E-state index in [2.05, 4.69) is 10.1 Å². The van der Waals surface area contributed by atoms with Gasteiger partial charge in [0.2, 0.25) is 0 Å². The molecule has 0 atom stereocenters. The molecule has 0 aliphatic carbocycles. The fourth-order valence-corrected chi connectivity index (χ4v) is 3.66. The highest BCUT2D eigenvalue weighted by molar-refractivity contribution is 6.37. The summed E-state index contributed by atoms with van der Waals surface area (Å²) in [5, 5.41) is 15.4. The lowest BCUT2D eigenvalue weighted by atomic mass is 10.2. The van der Waals surface area contributed by atoms with Crippen LogP contribution in [0.4, 0.5) is 5.69 Å². The Morgan fingerprint density at radius 3 is 2.39 bits per heavy atom. The summed E-state index contributed by atoms with van der Waals surface area (Å²) in [7, 11) is 0. The minimum Gasteiger partial charge on any atom is -0.486 e. The van der Waals surface area contributed by atoms with Crippen molar-refractivity contribution in [3.05, 3.63) is 113 Å². The summed E-state index contributed by atoms with van der Waals surface area (Å²) < 4.78 is 6.38.